The Hall–Kier alpha value is -3.39. The molecule has 0 bridgehead atoms. The number of aromatic amines is 1. The Labute approximate surface area is 167 Å². The molecule has 158 valence electrons. The van der Waals surface area contributed by atoms with Crippen LogP contribution in [0, 0.1) is 10.1 Å². The second-order valence-electron chi connectivity index (χ2n) is 6.74. The first kappa shape index (κ1) is 19.9. The summed E-state index contributed by atoms with van der Waals surface area (Å²) in [4.78, 5) is 33.4. The van der Waals surface area contributed by atoms with Crippen molar-refractivity contribution in [3.63, 3.8) is 0 Å². The van der Waals surface area contributed by atoms with Crippen LogP contribution >= 0.6 is 0 Å². The van der Waals surface area contributed by atoms with E-state index in [4.69, 9.17) is 4.74 Å². The minimum Gasteiger partial charge on any atom is -0.394 e. The summed E-state index contributed by atoms with van der Waals surface area (Å²) < 4.78 is 6.78. The summed E-state index contributed by atoms with van der Waals surface area (Å²) in [7, 11) is 0. The number of aromatic nitrogens is 4. The lowest BCUT2D eigenvalue weighted by Crippen LogP contribution is -2.33. The van der Waals surface area contributed by atoms with Gasteiger partial charge in [0.2, 0.25) is 5.95 Å². The molecule has 3 heterocycles. The number of H-pyrrole nitrogens is 1. The normalized spacial score (nSPS) is 23.7. The Balaban J connectivity index is 1.59. The van der Waals surface area contributed by atoms with Gasteiger partial charge in [-0.3, -0.25) is 24.5 Å². The molecule has 3 aromatic rings. The van der Waals surface area contributed by atoms with E-state index in [1.54, 1.807) is 12.1 Å². The maximum Gasteiger partial charge on any atom is 0.280 e. The van der Waals surface area contributed by atoms with Crippen LogP contribution in [0.2, 0.25) is 0 Å². The van der Waals surface area contributed by atoms with Crippen LogP contribution in [0.3, 0.4) is 0 Å². The van der Waals surface area contributed by atoms with Crippen LogP contribution in [0.1, 0.15) is 11.8 Å². The number of hydrogen-bond donors (Lipinski definition) is 5. The number of hydrogen-bond acceptors (Lipinski definition) is 10. The number of rotatable bonds is 6. The topological polar surface area (TPSA) is 189 Å². The van der Waals surface area contributed by atoms with Gasteiger partial charge in [0, 0.05) is 18.7 Å². The number of anilines is 1. The molecule has 5 N–H and O–H groups in total. The number of nitrogens with zero attached hydrogens (tertiary/aromatic N) is 4. The van der Waals surface area contributed by atoms with Crippen molar-refractivity contribution in [3.05, 3.63) is 56.6 Å². The SMILES string of the molecule is O=c1[nH]c(NCc2ccc([N+](=O)[O-])cc2)nc2c1ncn2C1OC(CO)C(O)C1O. The number of ether oxygens (including phenoxy) is 1. The first-order chi connectivity index (χ1) is 14.4. The van der Waals surface area contributed by atoms with Gasteiger partial charge in [0.15, 0.2) is 17.4 Å². The molecule has 13 nitrogen and oxygen atoms in total. The van der Waals surface area contributed by atoms with Gasteiger partial charge in [-0.1, -0.05) is 12.1 Å². The zero-order chi connectivity index (χ0) is 21.4. The fourth-order valence-electron chi connectivity index (χ4n) is 3.23. The largest absolute Gasteiger partial charge is 0.394 e. The van der Waals surface area contributed by atoms with E-state index in [0.717, 1.165) is 5.56 Å². The van der Waals surface area contributed by atoms with Crippen LogP contribution in [0.15, 0.2) is 35.4 Å². The first-order valence-corrected chi connectivity index (χ1v) is 8.95. The molecule has 13 heteroatoms. The number of fused-ring (bicyclic) bond motifs is 1. The van der Waals surface area contributed by atoms with Gasteiger partial charge in [0.05, 0.1) is 17.9 Å². The predicted molar refractivity (Wildman–Crippen MR) is 102 cm³/mol. The second-order valence-corrected chi connectivity index (χ2v) is 6.74. The fourth-order valence-corrected chi connectivity index (χ4v) is 3.23. The van der Waals surface area contributed by atoms with Crippen molar-refractivity contribution >= 4 is 22.8 Å². The Morgan fingerprint density at radius 3 is 2.63 bits per heavy atom. The molecular formula is C17H18N6O7. The van der Waals surface area contributed by atoms with Gasteiger partial charge < -0.3 is 25.4 Å². The van der Waals surface area contributed by atoms with Crippen molar-refractivity contribution in [2.24, 2.45) is 0 Å². The molecule has 1 aliphatic rings. The highest BCUT2D eigenvalue weighted by Crippen LogP contribution is 2.30. The third-order valence-electron chi connectivity index (χ3n) is 4.83. The summed E-state index contributed by atoms with van der Waals surface area (Å²) in [5.74, 6) is 0.111. The number of non-ortho nitro benzene ring substituents is 1. The molecule has 1 saturated heterocycles. The average Bonchev–Trinajstić information content (AvgIpc) is 3.28. The monoisotopic (exact) mass is 418 g/mol. The van der Waals surface area contributed by atoms with E-state index < -0.39 is 41.6 Å². The van der Waals surface area contributed by atoms with Gasteiger partial charge in [0.25, 0.3) is 11.2 Å². The molecule has 0 aliphatic carbocycles. The smallest absolute Gasteiger partial charge is 0.280 e. The van der Waals surface area contributed by atoms with E-state index in [1.807, 2.05) is 0 Å². The number of aliphatic hydroxyl groups excluding tert-OH is 3. The van der Waals surface area contributed by atoms with Gasteiger partial charge in [-0.25, -0.2) is 4.98 Å². The minimum atomic E-state index is -1.35. The lowest BCUT2D eigenvalue weighted by atomic mass is 10.1. The Bertz CT molecular complexity index is 1130. The molecule has 0 radical (unpaired) electrons. The lowest BCUT2D eigenvalue weighted by Gasteiger charge is -2.16. The number of nitrogens with one attached hydrogen (secondary N) is 2. The zero-order valence-corrected chi connectivity index (χ0v) is 15.4. The van der Waals surface area contributed by atoms with Crippen molar-refractivity contribution in [1.29, 1.82) is 0 Å². The molecule has 4 rings (SSSR count). The van der Waals surface area contributed by atoms with Gasteiger partial charge in [-0.2, -0.15) is 4.98 Å². The molecule has 1 fully saturated rings. The van der Waals surface area contributed by atoms with Gasteiger partial charge in [0.1, 0.15) is 18.3 Å². The van der Waals surface area contributed by atoms with E-state index in [1.165, 1.54) is 23.0 Å². The van der Waals surface area contributed by atoms with Gasteiger partial charge in [-0.05, 0) is 5.56 Å². The van der Waals surface area contributed by atoms with Crippen molar-refractivity contribution in [1.82, 2.24) is 19.5 Å². The van der Waals surface area contributed by atoms with E-state index in [9.17, 15) is 30.2 Å². The Morgan fingerprint density at radius 1 is 1.27 bits per heavy atom. The minimum absolute atomic E-state index is 0.00799. The van der Waals surface area contributed by atoms with Crippen molar-refractivity contribution in [2.75, 3.05) is 11.9 Å². The van der Waals surface area contributed by atoms with E-state index in [2.05, 4.69) is 20.3 Å². The summed E-state index contributed by atoms with van der Waals surface area (Å²) in [6.45, 7) is -0.258. The van der Waals surface area contributed by atoms with Crippen LogP contribution in [-0.4, -0.2) is 64.7 Å². The van der Waals surface area contributed by atoms with Crippen molar-refractivity contribution < 1.29 is 25.0 Å². The second kappa shape index (κ2) is 7.79. The quantitative estimate of drug-likeness (QED) is 0.252. The molecule has 2 aromatic heterocycles. The van der Waals surface area contributed by atoms with Crippen LogP contribution < -0.4 is 10.9 Å². The van der Waals surface area contributed by atoms with E-state index >= 15 is 0 Å². The van der Waals surface area contributed by atoms with Crippen LogP contribution in [0.25, 0.3) is 11.2 Å². The number of nitro groups is 1. The summed E-state index contributed by atoms with van der Waals surface area (Å²) in [5, 5.41) is 43.1. The van der Waals surface area contributed by atoms with Gasteiger partial charge >= 0.3 is 0 Å². The first-order valence-electron chi connectivity index (χ1n) is 8.95. The molecule has 1 aliphatic heterocycles. The third kappa shape index (κ3) is 3.50. The molecule has 1 aromatic carbocycles. The Kier molecular flexibility index (Phi) is 5.17. The van der Waals surface area contributed by atoms with Crippen LogP contribution in [0.4, 0.5) is 11.6 Å². The summed E-state index contributed by atoms with van der Waals surface area (Å²) in [5.41, 5.74) is 0.277. The summed E-state index contributed by atoms with van der Waals surface area (Å²) >= 11 is 0. The van der Waals surface area contributed by atoms with E-state index in [0.29, 0.717) is 0 Å². The number of imidazole rings is 1. The van der Waals surface area contributed by atoms with E-state index in [-0.39, 0.29) is 29.3 Å². The van der Waals surface area contributed by atoms with Crippen molar-refractivity contribution in [3.8, 4) is 0 Å². The van der Waals surface area contributed by atoms with Crippen LogP contribution in [0.5, 0.6) is 0 Å². The molecule has 4 atom stereocenters. The summed E-state index contributed by atoms with van der Waals surface area (Å²) in [6.07, 6.45) is -3.47. The van der Waals surface area contributed by atoms with Crippen molar-refractivity contribution in [2.45, 2.75) is 31.1 Å². The predicted octanol–water partition coefficient (Wildman–Crippen LogP) is -0.749. The molecule has 0 spiro atoms. The molecule has 0 amide bonds. The fraction of sp³-hybridized carbons (Fsp3) is 0.353. The molecular weight excluding hydrogens is 400 g/mol. The standard InChI is InChI=1S/C17H18N6O7/c24-6-10-12(25)13(26)16(30-10)22-7-19-11-14(22)20-17(21-15(11)27)18-5-8-1-3-9(4-2-8)23(28)29/h1-4,7,10,12-13,16,24-26H,5-6H2,(H2,18,20,21,27). The molecule has 4 unspecified atom stereocenters. The molecule has 30 heavy (non-hydrogen) atoms. The highest BCUT2D eigenvalue weighted by Gasteiger charge is 2.44. The zero-order valence-electron chi connectivity index (χ0n) is 15.4. The third-order valence-corrected chi connectivity index (χ3v) is 4.83. The average molecular weight is 418 g/mol. The summed E-state index contributed by atoms with van der Waals surface area (Å²) in [6, 6.07) is 5.89. The number of aliphatic hydroxyl groups is 3. The highest BCUT2D eigenvalue weighted by molar-refractivity contribution is 5.71. The van der Waals surface area contributed by atoms with Crippen LogP contribution in [-0.2, 0) is 11.3 Å². The molecule has 0 saturated carbocycles. The Morgan fingerprint density at radius 2 is 2.00 bits per heavy atom. The maximum atomic E-state index is 12.3. The maximum absolute atomic E-state index is 12.3. The number of nitro benzene ring substituents is 1. The lowest BCUT2D eigenvalue weighted by molar-refractivity contribution is -0.384. The van der Waals surface area contributed by atoms with Gasteiger partial charge in [-0.15, -0.1) is 0 Å². The number of benzene rings is 1. The highest BCUT2D eigenvalue weighted by atomic mass is 16.6.